The Morgan fingerprint density at radius 2 is 1.55 bits per heavy atom. The smallest absolute Gasteiger partial charge is 0.137 e. The maximum Gasteiger partial charge on any atom is 0.137 e. The minimum Gasteiger partial charge on any atom is -0.304 e. The van der Waals surface area contributed by atoms with Gasteiger partial charge in [0.05, 0.1) is 4.47 Å². The molecule has 0 aromatic heterocycles. The first-order chi connectivity index (χ1) is 9.47. The highest BCUT2D eigenvalue weighted by molar-refractivity contribution is 9.10. The van der Waals surface area contributed by atoms with Gasteiger partial charge in [-0.2, -0.15) is 0 Å². The van der Waals surface area contributed by atoms with Gasteiger partial charge in [-0.1, -0.05) is 29.8 Å². The van der Waals surface area contributed by atoms with Crippen LogP contribution in [0.2, 0.25) is 5.02 Å². The maximum absolute atomic E-state index is 13.2. The summed E-state index contributed by atoms with van der Waals surface area (Å²) in [4.78, 5) is 0. The molecule has 0 aliphatic rings. The largest absolute Gasteiger partial charge is 0.304 e. The Bertz CT molecular complexity index is 586. The lowest BCUT2D eigenvalue weighted by Gasteiger charge is -2.21. The van der Waals surface area contributed by atoms with E-state index in [0.717, 1.165) is 10.6 Å². The number of hydrogen-bond acceptors (Lipinski definition) is 1. The molecule has 2 aromatic rings. The summed E-state index contributed by atoms with van der Waals surface area (Å²) in [5.74, 6) is -0.244. The van der Waals surface area contributed by atoms with Crippen molar-refractivity contribution in [2.24, 2.45) is 0 Å². The van der Waals surface area contributed by atoms with Gasteiger partial charge in [0.25, 0.3) is 0 Å². The van der Waals surface area contributed by atoms with Crippen molar-refractivity contribution in [1.82, 2.24) is 5.32 Å². The molecule has 1 nitrogen and oxygen atoms in total. The molecule has 0 aliphatic carbocycles. The summed E-state index contributed by atoms with van der Waals surface area (Å²) in [5, 5.41) is 4.23. The van der Waals surface area contributed by atoms with Gasteiger partial charge in [0.2, 0.25) is 0 Å². The number of halogens is 3. The van der Waals surface area contributed by atoms with Gasteiger partial charge < -0.3 is 5.32 Å². The monoisotopic (exact) mass is 355 g/mol. The fraction of sp³-hybridized carbons (Fsp3) is 0.250. The molecule has 0 saturated heterocycles. The van der Waals surface area contributed by atoms with Crippen LogP contribution in [0, 0.1) is 5.82 Å². The Morgan fingerprint density at radius 3 is 2.15 bits per heavy atom. The molecule has 0 amide bonds. The Balaban J connectivity index is 2.08. The summed E-state index contributed by atoms with van der Waals surface area (Å²) in [7, 11) is 0. The van der Waals surface area contributed by atoms with E-state index in [1.807, 2.05) is 30.3 Å². The summed E-state index contributed by atoms with van der Waals surface area (Å²) >= 11 is 9.11. The molecular weight excluding hydrogens is 341 g/mol. The van der Waals surface area contributed by atoms with Crippen LogP contribution in [0.25, 0.3) is 0 Å². The summed E-state index contributed by atoms with van der Waals surface area (Å²) in [6.45, 7) is 4.16. The van der Waals surface area contributed by atoms with E-state index >= 15 is 0 Å². The minimum absolute atomic E-state index is 0.123. The maximum atomic E-state index is 13.2. The van der Waals surface area contributed by atoms with Crippen LogP contribution in [-0.4, -0.2) is 0 Å². The van der Waals surface area contributed by atoms with Gasteiger partial charge in [0.1, 0.15) is 5.82 Å². The van der Waals surface area contributed by atoms with E-state index in [0.29, 0.717) is 4.47 Å². The lowest BCUT2D eigenvalue weighted by Crippen LogP contribution is -2.22. The normalized spacial score (nSPS) is 14.1. The van der Waals surface area contributed by atoms with E-state index in [4.69, 9.17) is 11.6 Å². The first kappa shape index (κ1) is 15.5. The van der Waals surface area contributed by atoms with Crippen LogP contribution in [0.1, 0.15) is 37.1 Å². The molecule has 4 heteroatoms. The highest BCUT2D eigenvalue weighted by Crippen LogP contribution is 2.24. The highest BCUT2D eigenvalue weighted by atomic mass is 79.9. The van der Waals surface area contributed by atoms with Gasteiger partial charge in [-0.15, -0.1) is 0 Å². The van der Waals surface area contributed by atoms with Crippen LogP contribution >= 0.6 is 27.5 Å². The zero-order valence-corrected chi connectivity index (χ0v) is 13.7. The minimum atomic E-state index is -0.244. The standard InChI is InChI=1S/C16H16BrClFN/c1-10(12-3-6-14(18)7-4-12)20-11(2)13-5-8-16(19)15(17)9-13/h3-11,20H,1-2H3. The van der Waals surface area contributed by atoms with Crippen LogP contribution in [0.3, 0.4) is 0 Å². The van der Waals surface area contributed by atoms with Crippen molar-refractivity contribution in [2.75, 3.05) is 0 Å². The Morgan fingerprint density at radius 1 is 1.00 bits per heavy atom. The van der Waals surface area contributed by atoms with Crippen LogP contribution in [-0.2, 0) is 0 Å². The van der Waals surface area contributed by atoms with Crippen molar-refractivity contribution in [3.63, 3.8) is 0 Å². The number of nitrogens with one attached hydrogen (secondary N) is 1. The topological polar surface area (TPSA) is 12.0 Å². The molecule has 2 atom stereocenters. The van der Waals surface area contributed by atoms with Crippen molar-refractivity contribution >= 4 is 27.5 Å². The molecule has 2 unspecified atom stereocenters. The number of rotatable bonds is 4. The quantitative estimate of drug-likeness (QED) is 0.746. The Kier molecular flexibility index (Phi) is 5.19. The van der Waals surface area contributed by atoms with Crippen molar-refractivity contribution in [2.45, 2.75) is 25.9 Å². The molecule has 0 bridgehead atoms. The van der Waals surface area contributed by atoms with E-state index in [1.54, 1.807) is 6.07 Å². The van der Waals surface area contributed by atoms with E-state index in [-0.39, 0.29) is 17.9 Å². The molecule has 0 heterocycles. The molecule has 0 radical (unpaired) electrons. The average molecular weight is 357 g/mol. The molecule has 0 saturated carbocycles. The van der Waals surface area contributed by atoms with E-state index in [2.05, 4.69) is 35.1 Å². The van der Waals surface area contributed by atoms with Gasteiger partial charge in [-0.3, -0.25) is 0 Å². The van der Waals surface area contributed by atoms with Crippen molar-refractivity contribution in [1.29, 1.82) is 0 Å². The molecule has 2 rings (SSSR count). The van der Waals surface area contributed by atoms with Gasteiger partial charge in [-0.05, 0) is 65.2 Å². The fourth-order valence-corrected chi connectivity index (χ4v) is 2.62. The second-order valence-corrected chi connectivity index (χ2v) is 6.13. The molecule has 0 aliphatic heterocycles. The third kappa shape index (κ3) is 3.81. The van der Waals surface area contributed by atoms with Crippen molar-refractivity contribution in [3.05, 3.63) is 68.9 Å². The predicted octanol–water partition coefficient (Wildman–Crippen LogP) is 5.65. The lowest BCUT2D eigenvalue weighted by molar-refractivity contribution is 0.493. The molecule has 20 heavy (non-hydrogen) atoms. The molecule has 2 aromatic carbocycles. The number of hydrogen-bond donors (Lipinski definition) is 1. The van der Waals surface area contributed by atoms with Gasteiger partial charge in [0, 0.05) is 17.1 Å². The van der Waals surface area contributed by atoms with Gasteiger partial charge >= 0.3 is 0 Å². The molecule has 0 spiro atoms. The molecule has 0 fully saturated rings. The zero-order chi connectivity index (χ0) is 14.7. The molecular formula is C16H16BrClFN. The second-order valence-electron chi connectivity index (χ2n) is 4.84. The molecule has 106 valence electrons. The van der Waals surface area contributed by atoms with Crippen LogP contribution in [0.15, 0.2) is 46.9 Å². The van der Waals surface area contributed by atoms with E-state index < -0.39 is 0 Å². The predicted molar refractivity (Wildman–Crippen MR) is 85.5 cm³/mol. The van der Waals surface area contributed by atoms with Gasteiger partial charge in [-0.25, -0.2) is 4.39 Å². The Labute approximate surface area is 132 Å². The molecule has 1 N–H and O–H groups in total. The summed E-state index contributed by atoms with van der Waals surface area (Å²) in [6.07, 6.45) is 0. The third-order valence-corrected chi connectivity index (χ3v) is 4.17. The third-order valence-electron chi connectivity index (χ3n) is 3.31. The van der Waals surface area contributed by atoms with Crippen molar-refractivity contribution < 1.29 is 4.39 Å². The zero-order valence-electron chi connectivity index (χ0n) is 11.3. The van der Waals surface area contributed by atoms with Gasteiger partial charge in [0.15, 0.2) is 0 Å². The number of benzene rings is 2. The van der Waals surface area contributed by atoms with Crippen LogP contribution in [0.5, 0.6) is 0 Å². The van der Waals surface area contributed by atoms with Crippen LogP contribution in [0.4, 0.5) is 4.39 Å². The summed E-state index contributed by atoms with van der Waals surface area (Å²) in [6, 6.07) is 13.2. The summed E-state index contributed by atoms with van der Waals surface area (Å²) in [5.41, 5.74) is 2.21. The first-order valence-corrected chi connectivity index (χ1v) is 7.61. The van der Waals surface area contributed by atoms with E-state index in [9.17, 15) is 4.39 Å². The summed E-state index contributed by atoms with van der Waals surface area (Å²) < 4.78 is 13.7. The van der Waals surface area contributed by atoms with Crippen LogP contribution < -0.4 is 5.32 Å². The van der Waals surface area contributed by atoms with Crippen molar-refractivity contribution in [3.8, 4) is 0 Å². The SMILES string of the molecule is CC(NC(C)c1ccc(F)c(Br)c1)c1ccc(Cl)cc1. The first-order valence-electron chi connectivity index (χ1n) is 6.44. The fourth-order valence-electron chi connectivity index (χ4n) is 2.10. The Hall–Kier alpha value is -0.900. The lowest BCUT2D eigenvalue weighted by atomic mass is 10.0. The second kappa shape index (κ2) is 6.70. The van der Waals surface area contributed by atoms with E-state index in [1.165, 1.54) is 11.6 Å². The highest BCUT2D eigenvalue weighted by Gasteiger charge is 2.12. The average Bonchev–Trinajstić information content (AvgIpc) is 2.42.